The maximum absolute atomic E-state index is 6.17. The lowest BCUT2D eigenvalue weighted by molar-refractivity contribution is 0.315. The van der Waals surface area contributed by atoms with Crippen LogP contribution in [0.3, 0.4) is 0 Å². The minimum atomic E-state index is 0.356. The fourth-order valence-electron chi connectivity index (χ4n) is 2.75. The molecule has 1 aromatic rings. The smallest absolute Gasteiger partial charge is 0.0586 e. The summed E-state index contributed by atoms with van der Waals surface area (Å²) in [4.78, 5) is 0. The van der Waals surface area contributed by atoms with E-state index in [9.17, 15) is 0 Å². The van der Waals surface area contributed by atoms with Gasteiger partial charge in [0.05, 0.1) is 11.4 Å². The molecule has 1 aliphatic rings. The molecule has 2 heteroatoms. The topological polar surface area (TPSA) is 52.0 Å². The Hall–Kier alpha value is -1.18. The van der Waals surface area contributed by atoms with E-state index in [1.165, 1.54) is 23.1 Å². The molecule has 0 fully saturated rings. The van der Waals surface area contributed by atoms with Crippen molar-refractivity contribution in [2.75, 3.05) is 11.5 Å². The van der Waals surface area contributed by atoms with Crippen LogP contribution in [0.4, 0.5) is 11.4 Å². The molecule has 2 nitrogen and oxygen atoms in total. The Kier molecular flexibility index (Phi) is 2.41. The molecule has 0 spiro atoms. The molecule has 0 radical (unpaired) electrons. The van der Waals surface area contributed by atoms with Crippen LogP contribution in [-0.2, 0) is 12.8 Å². The van der Waals surface area contributed by atoms with E-state index < -0.39 is 0 Å². The lowest BCUT2D eigenvalue weighted by Crippen LogP contribution is -2.25. The van der Waals surface area contributed by atoms with Crippen LogP contribution < -0.4 is 11.5 Å². The largest absolute Gasteiger partial charge is 0.397 e. The van der Waals surface area contributed by atoms with Crippen molar-refractivity contribution in [3.63, 3.8) is 0 Å². The van der Waals surface area contributed by atoms with Crippen molar-refractivity contribution in [1.82, 2.24) is 0 Å². The zero-order valence-corrected chi connectivity index (χ0v) is 10.8. The van der Waals surface area contributed by atoms with Crippen molar-refractivity contribution in [3.8, 4) is 0 Å². The molecule has 16 heavy (non-hydrogen) atoms. The van der Waals surface area contributed by atoms with Gasteiger partial charge in [-0.25, -0.2) is 0 Å². The van der Waals surface area contributed by atoms with Gasteiger partial charge in [0.1, 0.15) is 0 Å². The third-order valence-corrected chi connectivity index (χ3v) is 4.11. The summed E-state index contributed by atoms with van der Waals surface area (Å²) in [6.07, 6.45) is 3.43. The highest BCUT2D eigenvalue weighted by Crippen LogP contribution is 2.42. The Morgan fingerprint density at radius 1 is 0.938 bits per heavy atom. The molecule has 0 atom stereocenters. The van der Waals surface area contributed by atoms with Gasteiger partial charge in [-0.3, -0.25) is 0 Å². The first-order valence-corrected chi connectivity index (χ1v) is 5.99. The first kappa shape index (κ1) is 11.3. The predicted molar refractivity (Wildman–Crippen MR) is 70.5 cm³/mol. The summed E-state index contributed by atoms with van der Waals surface area (Å²) in [6.45, 7) is 8.85. The van der Waals surface area contributed by atoms with E-state index in [1.54, 1.807) is 0 Å². The highest BCUT2D eigenvalue weighted by atomic mass is 14.7. The SMILES string of the molecule is Cc1c(C)c2c(c(N)c1N)CC(C)(C)CC2. The van der Waals surface area contributed by atoms with E-state index >= 15 is 0 Å². The van der Waals surface area contributed by atoms with Crippen molar-refractivity contribution in [1.29, 1.82) is 0 Å². The summed E-state index contributed by atoms with van der Waals surface area (Å²) in [5.74, 6) is 0. The Morgan fingerprint density at radius 3 is 2.19 bits per heavy atom. The number of anilines is 2. The molecule has 1 aromatic carbocycles. The summed E-state index contributed by atoms with van der Waals surface area (Å²) in [7, 11) is 0. The standard InChI is InChI=1S/C14H22N2/c1-8-9(2)12(15)13(16)11-7-14(3,4)6-5-10(8)11/h5-7,15-16H2,1-4H3. The fraction of sp³-hybridized carbons (Fsp3) is 0.571. The monoisotopic (exact) mass is 218 g/mol. The maximum Gasteiger partial charge on any atom is 0.0586 e. The van der Waals surface area contributed by atoms with Crippen LogP contribution in [0.15, 0.2) is 0 Å². The maximum atomic E-state index is 6.17. The van der Waals surface area contributed by atoms with Crippen LogP contribution >= 0.6 is 0 Å². The lowest BCUT2D eigenvalue weighted by Gasteiger charge is -2.34. The number of hydrogen-bond donors (Lipinski definition) is 2. The van der Waals surface area contributed by atoms with Gasteiger partial charge in [-0.2, -0.15) is 0 Å². The Bertz CT molecular complexity index is 445. The first-order valence-electron chi connectivity index (χ1n) is 5.99. The van der Waals surface area contributed by atoms with Gasteiger partial charge in [-0.1, -0.05) is 13.8 Å². The van der Waals surface area contributed by atoms with E-state index in [0.29, 0.717) is 5.41 Å². The second-order valence-electron chi connectivity index (χ2n) is 5.88. The summed E-state index contributed by atoms with van der Waals surface area (Å²) in [5, 5.41) is 0. The number of nitrogen functional groups attached to an aromatic ring is 2. The van der Waals surface area contributed by atoms with Crippen LogP contribution in [0.1, 0.15) is 42.5 Å². The quantitative estimate of drug-likeness (QED) is 0.658. The van der Waals surface area contributed by atoms with Gasteiger partial charge >= 0.3 is 0 Å². The lowest BCUT2D eigenvalue weighted by atomic mass is 9.72. The van der Waals surface area contributed by atoms with Crippen LogP contribution in [-0.4, -0.2) is 0 Å². The normalized spacial score (nSPS) is 18.2. The summed E-state index contributed by atoms with van der Waals surface area (Å²) in [5.41, 5.74) is 19.5. The first-order chi connectivity index (χ1) is 7.33. The van der Waals surface area contributed by atoms with Gasteiger partial charge in [0, 0.05) is 0 Å². The van der Waals surface area contributed by atoms with Gasteiger partial charge in [-0.05, 0) is 60.8 Å². The average molecular weight is 218 g/mol. The van der Waals surface area contributed by atoms with E-state index in [0.717, 1.165) is 29.8 Å². The van der Waals surface area contributed by atoms with Crippen molar-refractivity contribution in [2.45, 2.75) is 47.0 Å². The second-order valence-corrected chi connectivity index (χ2v) is 5.88. The van der Waals surface area contributed by atoms with Crippen molar-refractivity contribution < 1.29 is 0 Å². The number of fused-ring (bicyclic) bond motifs is 1. The molecule has 0 bridgehead atoms. The molecule has 2 rings (SSSR count). The molecule has 0 aromatic heterocycles. The fourth-order valence-corrected chi connectivity index (χ4v) is 2.75. The van der Waals surface area contributed by atoms with Crippen molar-refractivity contribution in [3.05, 3.63) is 22.3 Å². The number of benzene rings is 1. The van der Waals surface area contributed by atoms with E-state index in [-0.39, 0.29) is 0 Å². The summed E-state index contributed by atoms with van der Waals surface area (Å²) in [6, 6.07) is 0. The van der Waals surface area contributed by atoms with E-state index in [1.807, 2.05) is 0 Å². The zero-order valence-electron chi connectivity index (χ0n) is 10.8. The third-order valence-electron chi connectivity index (χ3n) is 4.11. The molecule has 0 saturated heterocycles. The van der Waals surface area contributed by atoms with Crippen LogP contribution in [0.2, 0.25) is 0 Å². The van der Waals surface area contributed by atoms with Gasteiger partial charge in [0.15, 0.2) is 0 Å². The summed E-state index contributed by atoms with van der Waals surface area (Å²) >= 11 is 0. The van der Waals surface area contributed by atoms with Gasteiger partial charge in [0.2, 0.25) is 0 Å². The minimum absolute atomic E-state index is 0.356. The Labute approximate surface area is 98.0 Å². The van der Waals surface area contributed by atoms with E-state index in [4.69, 9.17) is 11.5 Å². The molecule has 0 saturated carbocycles. The number of hydrogen-bond acceptors (Lipinski definition) is 2. The van der Waals surface area contributed by atoms with Crippen LogP contribution in [0, 0.1) is 19.3 Å². The molecular weight excluding hydrogens is 196 g/mol. The van der Waals surface area contributed by atoms with Crippen molar-refractivity contribution >= 4 is 11.4 Å². The van der Waals surface area contributed by atoms with Crippen LogP contribution in [0.5, 0.6) is 0 Å². The zero-order chi connectivity index (χ0) is 12.1. The molecule has 0 amide bonds. The molecule has 0 unspecified atom stereocenters. The number of rotatable bonds is 0. The highest BCUT2D eigenvalue weighted by Gasteiger charge is 2.29. The predicted octanol–water partition coefficient (Wildman–Crippen LogP) is 2.98. The van der Waals surface area contributed by atoms with Gasteiger partial charge in [0.25, 0.3) is 0 Å². The van der Waals surface area contributed by atoms with Crippen LogP contribution in [0.25, 0.3) is 0 Å². The second kappa shape index (κ2) is 3.41. The molecule has 0 heterocycles. The average Bonchev–Trinajstić information content (AvgIpc) is 2.22. The molecular formula is C14H22N2. The van der Waals surface area contributed by atoms with E-state index in [2.05, 4.69) is 27.7 Å². The number of nitrogens with two attached hydrogens (primary N) is 2. The Balaban J connectivity index is 2.65. The molecule has 0 aliphatic heterocycles. The summed E-state index contributed by atoms with van der Waals surface area (Å²) < 4.78 is 0. The third kappa shape index (κ3) is 1.57. The molecule has 4 N–H and O–H groups in total. The van der Waals surface area contributed by atoms with Gasteiger partial charge < -0.3 is 11.5 Å². The van der Waals surface area contributed by atoms with Crippen molar-refractivity contribution in [2.24, 2.45) is 5.41 Å². The minimum Gasteiger partial charge on any atom is -0.397 e. The van der Waals surface area contributed by atoms with Gasteiger partial charge in [-0.15, -0.1) is 0 Å². The highest BCUT2D eigenvalue weighted by molar-refractivity contribution is 5.75. The Morgan fingerprint density at radius 2 is 1.56 bits per heavy atom. The molecule has 88 valence electrons. The molecule has 1 aliphatic carbocycles.